The molecular formula is C28H29ClO4. The summed E-state index contributed by atoms with van der Waals surface area (Å²) in [5, 5.41) is 2.65. The van der Waals surface area contributed by atoms with E-state index in [0.717, 1.165) is 28.2 Å². The highest BCUT2D eigenvalue weighted by molar-refractivity contribution is 6.32. The average Bonchev–Trinajstić information content (AvgIpc) is 2.84. The molecule has 0 aliphatic rings. The summed E-state index contributed by atoms with van der Waals surface area (Å²) in [6, 6.07) is 17.6. The molecule has 0 fully saturated rings. The van der Waals surface area contributed by atoms with Gasteiger partial charge in [-0.05, 0) is 65.8 Å². The van der Waals surface area contributed by atoms with E-state index in [-0.39, 0.29) is 11.7 Å². The second kappa shape index (κ2) is 12.2. The van der Waals surface area contributed by atoms with E-state index in [1.54, 1.807) is 20.3 Å². The Morgan fingerprint density at radius 1 is 1.03 bits per heavy atom. The van der Waals surface area contributed by atoms with Crippen LogP contribution in [0.25, 0.3) is 10.8 Å². The number of rotatable bonds is 12. The van der Waals surface area contributed by atoms with Crippen molar-refractivity contribution in [2.24, 2.45) is 0 Å². The second-order valence-corrected chi connectivity index (χ2v) is 8.26. The van der Waals surface area contributed by atoms with Gasteiger partial charge in [0.2, 0.25) is 0 Å². The van der Waals surface area contributed by atoms with Crippen molar-refractivity contribution < 1.29 is 19.1 Å². The van der Waals surface area contributed by atoms with Gasteiger partial charge in [-0.15, -0.1) is 0 Å². The zero-order chi connectivity index (χ0) is 23.6. The van der Waals surface area contributed by atoms with Crippen LogP contribution < -0.4 is 9.47 Å². The van der Waals surface area contributed by atoms with Gasteiger partial charge in [-0.2, -0.15) is 0 Å². The van der Waals surface area contributed by atoms with E-state index in [1.165, 1.54) is 6.08 Å². The minimum Gasteiger partial charge on any atom is -0.493 e. The number of ether oxygens (including phenoxy) is 2. The van der Waals surface area contributed by atoms with Crippen LogP contribution in [-0.4, -0.2) is 26.3 Å². The van der Waals surface area contributed by atoms with E-state index in [2.05, 4.69) is 0 Å². The number of methoxy groups -OCH3 is 2. The van der Waals surface area contributed by atoms with Gasteiger partial charge in [0, 0.05) is 17.4 Å². The molecule has 0 bridgehead atoms. The van der Waals surface area contributed by atoms with Gasteiger partial charge in [0.15, 0.2) is 11.5 Å². The van der Waals surface area contributed by atoms with E-state index < -0.39 is 0 Å². The van der Waals surface area contributed by atoms with Gasteiger partial charge in [-0.1, -0.05) is 60.1 Å². The van der Waals surface area contributed by atoms with Crippen LogP contribution in [0.3, 0.4) is 0 Å². The molecule has 5 heteroatoms. The molecule has 3 rings (SSSR count). The Hall–Kier alpha value is -3.11. The summed E-state index contributed by atoms with van der Waals surface area (Å²) in [6.45, 7) is 0. The Morgan fingerprint density at radius 2 is 1.85 bits per heavy atom. The molecule has 0 amide bonds. The molecule has 172 valence electrons. The van der Waals surface area contributed by atoms with Crippen molar-refractivity contribution in [2.75, 3.05) is 14.2 Å². The Balaban J connectivity index is 1.82. The minimum absolute atomic E-state index is 0.148. The molecule has 1 atom stereocenters. The van der Waals surface area contributed by atoms with Crippen molar-refractivity contribution in [2.45, 2.75) is 38.0 Å². The SMILES string of the molecule is COc1cccc(CCCC(=O)C(CCC=CC=O)c2c(Cl)ccc3ccccc23)c1OC. The van der Waals surface area contributed by atoms with E-state index in [1.807, 2.05) is 54.6 Å². The summed E-state index contributed by atoms with van der Waals surface area (Å²) in [5.74, 6) is 1.20. The first kappa shape index (κ1) is 24.5. The van der Waals surface area contributed by atoms with Gasteiger partial charge in [-0.25, -0.2) is 0 Å². The van der Waals surface area contributed by atoms with Crippen LogP contribution in [0.1, 0.15) is 42.7 Å². The molecule has 0 radical (unpaired) electrons. The Labute approximate surface area is 200 Å². The normalized spacial score (nSPS) is 12.1. The third-order valence-corrected chi connectivity index (χ3v) is 6.17. The zero-order valence-electron chi connectivity index (χ0n) is 19.1. The number of hydrogen-bond donors (Lipinski definition) is 0. The first-order chi connectivity index (χ1) is 16.1. The number of hydrogen-bond acceptors (Lipinski definition) is 4. The van der Waals surface area contributed by atoms with E-state index in [4.69, 9.17) is 21.1 Å². The Kier molecular flexibility index (Phi) is 9.08. The molecule has 3 aromatic rings. The Morgan fingerprint density at radius 3 is 2.61 bits per heavy atom. The van der Waals surface area contributed by atoms with Crippen molar-refractivity contribution in [3.8, 4) is 11.5 Å². The highest BCUT2D eigenvalue weighted by Crippen LogP contribution is 2.37. The van der Waals surface area contributed by atoms with Crippen molar-refractivity contribution in [3.63, 3.8) is 0 Å². The molecular weight excluding hydrogens is 436 g/mol. The molecule has 0 spiro atoms. The fourth-order valence-corrected chi connectivity index (χ4v) is 4.58. The minimum atomic E-state index is -0.341. The van der Waals surface area contributed by atoms with E-state index in [9.17, 15) is 9.59 Å². The van der Waals surface area contributed by atoms with Crippen LogP contribution in [-0.2, 0) is 16.0 Å². The first-order valence-corrected chi connectivity index (χ1v) is 11.5. The monoisotopic (exact) mass is 464 g/mol. The van der Waals surface area contributed by atoms with E-state index >= 15 is 0 Å². The molecule has 0 aliphatic carbocycles. The molecule has 0 saturated heterocycles. The fraction of sp³-hybridized carbons (Fsp3) is 0.286. The quantitative estimate of drug-likeness (QED) is 0.220. The molecule has 0 saturated carbocycles. The number of allylic oxidation sites excluding steroid dienone is 2. The molecule has 1 unspecified atom stereocenters. The van der Waals surface area contributed by atoms with Crippen LogP contribution in [0.5, 0.6) is 11.5 Å². The summed E-state index contributed by atoms with van der Waals surface area (Å²) in [4.78, 5) is 24.1. The largest absolute Gasteiger partial charge is 0.493 e. The van der Waals surface area contributed by atoms with Crippen molar-refractivity contribution >= 4 is 34.4 Å². The molecule has 33 heavy (non-hydrogen) atoms. The maximum Gasteiger partial charge on any atom is 0.163 e. The lowest BCUT2D eigenvalue weighted by Crippen LogP contribution is -2.14. The van der Waals surface area contributed by atoms with Gasteiger partial charge in [0.05, 0.1) is 14.2 Å². The van der Waals surface area contributed by atoms with Gasteiger partial charge in [0.25, 0.3) is 0 Å². The maximum atomic E-state index is 13.5. The molecule has 4 nitrogen and oxygen atoms in total. The number of halogens is 1. The highest BCUT2D eigenvalue weighted by atomic mass is 35.5. The average molecular weight is 465 g/mol. The van der Waals surface area contributed by atoms with Gasteiger partial charge in [0.1, 0.15) is 12.1 Å². The van der Waals surface area contributed by atoms with Crippen molar-refractivity contribution in [3.05, 3.63) is 82.9 Å². The number of aryl methyl sites for hydroxylation is 1. The van der Waals surface area contributed by atoms with Gasteiger partial charge in [-0.3, -0.25) is 9.59 Å². The van der Waals surface area contributed by atoms with E-state index in [0.29, 0.717) is 48.6 Å². The predicted octanol–water partition coefficient (Wildman–Crippen LogP) is 6.72. The summed E-state index contributed by atoms with van der Waals surface area (Å²) in [6.07, 6.45) is 7.05. The molecule has 0 heterocycles. The molecule has 0 aromatic heterocycles. The number of carbonyl (C=O) groups is 2. The number of Topliss-reactive ketones (excluding diaryl/α,β-unsaturated/α-hetero) is 1. The zero-order valence-corrected chi connectivity index (χ0v) is 19.8. The smallest absolute Gasteiger partial charge is 0.163 e. The van der Waals surface area contributed by atoms with Crippen molar-refractivity contribution in [1.82, 2.24) is 0 Å². The van der Waals surface area contributed by atoms with Gasteiger partial charge < -0.3 is 9.47 Å². The third kappa shape index (κ3) is 6.02. The maximum absolute atomic E-state index is 13.5. The molecule has 0 aliphatic heterocycles. The van der Waals surface area contributed by atoms with Gasteiger partial charge >= 0.3 is 0 Å². The topological polar surface area (TPSA) is 52.6 Å². The van der Waals surface area contributed by atoms with Crippen LogP contribution in [0.2, 0.25) is 5.02 Å². The molecule has 0 N–H and O–H groups in total. The number of carbonyl (C=O) groups excluding carboxylic acids is 2. The first-order valence-electron chi connectivity index (χ1n) is 11.1. The number of aldehydes is 1. The van der Waals surface area contributed by atoms with Crippen LogP contribution >= 0.6 is 11.6 Å². The number of ketones is 1. The van der Waals surface area contributed by atoms with Crippen LogP contribution in [0, 0.1) is 0 Å². The second-order valence-electron chi connectivity index (χ2n) is 7.85. The Bertz CT molecular complexity index is 1140. The summed E-state index contributed by atoms with van der Waals surface area (Å²) in [7, 11) is 3.24. The predicted molar refractivity (Wildman–Crippen MR) is 134 cm³/mol. The summed E-state index contributed by atoms with van der Waals surface area (Å²) >= 11 is 6.63. The third-order valence-electron chi connectivity index (χ3n) is 5.85. The lowest BCUT2D eigenvalue weighted by atomic mass is 9.85. The number of fused-ring (bicyclic) bond motifs is 1. The summed E-state index contributed by atoms with van der Waals surface area (Å²) in [5.41, 5.74) is 1.89. The van der Waals surface area contributed by atoms with Crippen molar-refractivity contribution in [1.29, 1.82) is 0 Å². The lowest BCUT2D eigenvalue weighted by Gasteiger charge is -2.20. The standard InChI is InChI=1S/C28H29ClO4/c1-32-26-16-9-12-21(28(26)33-2)11-8-15-25(31)23(14-4-3-7-19-30)27-22-13-6-5-10-20(22)17-18-24(27)29/h3,5-7,9-10,12-13,16-19,23H,4,8,11,14-15H2,1-2H3. The highest BCUT2D eigenvalue weighted by Gasteiger charge is 2.24. The van der Waals surface area contributed by atoms with Crippen LogP contribution in [0.15, 0.2) is 66.7 Å². The summed E-state index contributed by atoms with van der Waals surface area (Å²) < 4.78 is 10.9. The molecule has 3 aromatic carbocycles. The fourth-order valence-electron chi connectivity index (χ4n) is 4.28. The lowest BCUT2D eigenvalue weighted by molar-refractivity contribution is -0.120. The number of benzene rings is 3. The number of para-hydroxylation sites is 1. The van der Waals surface area contributed by atoms with Crippen LogP contribution in [0.4, 0.5) is 0 Å².